The maximum absolute atomic E-state index is 14.4. The van der Waals surface area contributed by atoms with E-state index in [1.165, 1.54) is 28.7 Å². The van der Waals surface area contributed by atoms with Gasteiger partial charge < -0.3 is 4.90 Å². The van der Waals surface area contributed by atoms with E-state index in [1.807, 2.05) is 0 Å². The highest BCUT2D eigenvalue weighted by Crippen LogP contribution is 2.51. The van der Waals surface area contributed by atoms with Gasteiger partial charge in [0.05, 0.1) is 11.2 Å². The third kappa shape index (κ3) is 2.44. The Morgan fingerprint density at radius 3 is 2.50 bits per heavy atom. The molecule has 3 saturated heterocycles. The summed E-state index contributed by atoms with van der Waals surface area (Å²) in [6, 6.07) is 3.54. The number of nitrogens with zero attached hydrogens (tertiary/aromatic N) is 4. The lowest BCUT2D eigenvalue weighted by molar-refractivity contribution is 0.0767. The van der Waals surface area contributed by atoms with Crippen molar-refractivity contribution in [2.75, 3.05) is 13.1 Å². The SMILES string of the molecule is O=C(c1cn[nH]n1)N1C[C@@H]2[C@H](C1)[C@@H]1CC[C@H]2N1S(=O)(=O)c1cccc(Cl)c1F. The number of hydrogen-bond donors (Lipinski definition) is 1. The molecule has 0 unspecified atom stereocenters. The summed E-state index contributed by atoms with van der Waals surface area (Å²) in [4.78, 5) is 13.9. The Morgan fingerprint density at radius 2 is 1.89 bits per heavy atom. The molecule has 0 aliphatic carbocycles. The van der Waals surface area contributed by atoms with Crippen molar-refractivity contribution in [1.82, 2.24) is 24.6 Å². The number of carbonyl (C=O) groups excluding carboxylic acids is 1. The number of aromatic nitrogens is 3. The van der Waals surface area contributed by atoms with Crippen LogP contribution in [0.1, 0.15) is 23.3 Å². The maximum Gasteiger partial charge on any atom is 0.276 e. The number of amides is 1. The van der Waals surface area contributed by atoms with Crippen LogP contribution < -0.4 is 0 Å². The molecule has 5 rings (SSSR count). The minimum Gasteiger partial charge on any atom is -0.336 e. The topological polar surface area (TPSA) is 99.3 Å². The van der Waals surface area contributed by atoms with E-state index >= 15 is 0 Å². The van der Waals surface area contributed by atoms with E-state index in [0.29, 0.717) is 25.9 Å². The summed E-state index contributed by atoms with van der Waals surface area (Å²) in [6.07, 6.45) is 2.79. The Labute approximate surface area is 165 Å². The summed E-state index contributed by atoms with van der Waals surface area (Å²) in [5.41, 5.74) is 0.248. The predicted molar refractivity (Wildman–Crippen MR) is 96.5 cm³/mol. The van der Waals surface area contributed by atoms with Crippen molar-refractivity contribution < 1.29 is 17.6 Å². The van der Waals surface area contributed by atoms with Gasteiger partial charge in [-0.3, -0.25) is 4.79 Å². The molecule has 1 N–H and O–H groups in total. The van der Waals surface area contributed by atoms with Gasteiger partial charge in [-0.1, -0.05) is 17.7 Å². The summed E-state index contributed by atoms with van der Waals surface area (Å²) in [6.45, 7) is 0.920. The molecule has 0 saturated carbocycles. The largest absolute Gasteiger partial charge is 0.336 e. The number of aromatic amines is 1. The average molecular weight is 426 g/mol. The molecule has 0 spiro atoms. The van der Waals surface area contributed by atoms with E-state index in [0.717, 1.165) is 0 Å². The number of halogens is 2. The van der Waals surface area contributed by atoms with Crippen molar-refractivity contribution in [3.05, 3.63) is 40.9 Å². The highest BCUT2D eigenvalue weighted by molar-refractivity contribution is 7.89. The lowest BCUT2D eigenvalue weighted by Crippen LogP contribution is -2.41. The van der Waals surface area contributed by atoms with Crippen LogP contribution in [0.2, 0.25) is 5.02 Å². The lowest BCUT2D eigenvalue weighted by atomic mass is 9.82. The van der Waals surface area contributed by atoms with Crippen molar-refractivity contribution >= 4 is 27.5 Å². The van der Waals surface area contributed by atoms with Gasteiger partial charge in [0.15, 0.2) is 11.5 Å². The maximum atomic E-state index is 14.4. The molecule has 1 aromatic carbocycles. The van der Waals surface area contributed by atoms with Gasteiger partial charge in [-0.25, -0.2) is 12.8 Å². The summed E-state index contributed by atoms with van der Waals surface area (Å²) >= 11 is 5.80. The minimum atomic E-state index is -4.01. The van der Waals surface area contributed by atoms with Crippen LogP contribution in [-0.2, 0) is 10.0 Å². The van der Waals surface area contributed by atoms with Crippen LogP contribution in [0.5, 0.6) is 0 Å². The first-order valence-electron chi connectivity index (χ1n) is 9.02. The molecule has 1 aromatic heterocycles. The van der Waals surface area contributed by atoms with E-state index in [1.54, 1.807) is 4.90 Å². The number of sulfonamides is 1. The Morgan fingerprint density at radius 1 is 1.21 bits per heavy atom. The van der Waals surface area contributed by atoms with Crippen LogP contribution in [0, 0.1) is 17.7 Å². The number of likely N-dealkylation sites (tertiary alicyclic amines) is 1. The standard InChI is InChI=1S/C17H17ClFN5O3S/c18-11-2-1-3-15(16(11)19)28(26,27)24-13-4-5-14(24)10-8-23(7-9(10)13)17(25)12-6-20-22-21-12/h1-3,6,9-10,13-14H,4-5,7-8H2,(H,20,21,22)/t9-,10+,13-,14+. The van der Waals surface area contributed by atoms with Crippen LogP contribution in [0.15, 0.2) is 29.3 Å². The third-order valence-electron chi connectivity index (χ3n) is 6.21. The van der Waals surface area contributed by atoms with Crippen molar-refractivity contribution in [1.29, 1.82) is 0 Å². The Hall–Kier alpha value is -2.04. The molecule has 2 bridgehead atoms. The molecule has 11 heteroatoms. The minimum absolute atomic E-state index is 0.0339. The van der Waals surface area contributed by atoms with Crippen LogP contribution in [0.4, 0.5) is 4.39 Å². The highest BCUT2D eigenvalue weighted by Gasteiger charge is 2.61. The number of rotatable bonds is 3. The fraction of sp³-hybridized carbons (Fsp3) is 0.471. The van der Waals surface area contributed by atoms with Crippen molar-refractivity contribution in [2.45, 2.75) is 29.8 Å². The Bertz CT molecular complexity index is 1030. The van der Waals surface area contributed by atoms with Crippen LogP contribution in [0.3, 0.4) is 0 Å². The first kappa shape index (κ1) is 18.0. The first-order valence-corrected chi connectivity index (χ1v) is 10.8. The van der Waals surface area contributed by atoms with Crippen molar-refractivity contribution in [3.8, 4) is 0 Å². The summed E-state index contributed by atoms with van der Waals surface area (Å²) < 4.78 is 42.4. The molecular weight excluding hydrogens is 409 g/mol. The zero-order valence-electron chi connectivity index (χ0n) is 14.6. The molecule has 4 heterocycles. The van der Waals surface area contributed by atoms with Gasteiger partial charge in [0, 0.05) is 25.2 Å². The molecule has 8 nitrogen and oxygen atoms in total. The fourth-order valence-electron chi connectivity index (χ4n) is 5.10. The molecule has 148 valence electrons. The molecule has 3 aliphatic rings. The third-order valence-corrected chi connectivity index (χ3v) is 8.47. The van der Waals surface area contributed by atoms with E-state index in [-0.39, 0.29) is 45.4 Å². The molecule has 4 atom stereocenters. The molecular formula is C17H17ClFN5O3S. The van der Waals surface area contributed by atoms with Gasteiger partial charge in [-0.05, 0) is 36.8 Å². The van der Waals surface area contributed by atoms with Gasteiger partial charge in [0.2, 0.25) is 10.0 Å². The molecule has 3 aliphatic heterocycles. The van der Waals surface area contributed by atoms with E-state index in [9.17, 15) is 17.6 Å². The number of H-pyrrole nitrogens is 1. The van der Waals surface area contributed by atoms with Crippen molar-refractivity contribution in [2.24, 2.45) is 11.8 Å². The smallest absolute Gasteiger partial charge is 0.276 e. The van der Waals surface area contributed by atoms with Gasteiger partial charge in [-0.2, -0.15) is 19.7 Å². The van der Waals surface area contributed by atoms with E-state index in [4.69, 9.17) is 11.6 Å². The highest BCUT2D eigenvalue weighted by atomic mass is 35.5. The fourth-order valence-corrected chi connectivity index (χ4v) is 7.38. The number of nitrogens with one attached hydrogen (secondary N) is 1. The first-order chi connectivity index (χ1) is 13.4. The van der Waals surface area contributed by atoms with Gasteiger partial charge >= 0.3 is 0 Å². The predicted octanol–water partition coefficient (Wildman–Crippen LogP) is 1.52. The second-order valence-corrected chi connectivity index (χ2v) is 9.71. The molecule has 0 radical (unpaired) electrons. The van der Waals surface area contributed by atoms with Gasteiger partial charge in [0.25, 0.3) is 5.91 Å². The number of carbonyl (C=O) groups is 1. The Balaban J connectivity index is 1.43. The number of hydrogen-bond acceptors (Lipinski definition) is 5. The second-order valence-electron chi connectivity index (χ2n) is 7.49. The number of benzene rings is 1. The van der Waals surface area contributed by atoms with Gasteiger partial charge in [0.1, 0.15) is 4.90 Å². The van der Waals surface area contributed by atoms with E-state index < -0.39 is 15.8 Å². The summed E-state index contributed by atoms with van der Waals surface area (Å²) in [5.74, 6) is -1.06. The Kier molecular flexibility index (Phi) is 4.01. The average Bonchev–Trinajstić information content (AvgIpc) is 3.43. The summed E-state index contributed by atoms with van der Waals surface area (Å²) in [5, 5.41) is 9.71. The van der Waals surface area contributed by atoms with Crippen LogP contribution >= 0.6 is 11.6 Å². The molecule has 3 fully saturated rings. The quantitative estimate of drug-likeness (QED) is 0.803. The molecule has 1 amide bonds. The summed E-state index contributed by atoms with van der Waals surface area (Å²) in [7, 11) is -4.01. The normalized spacial score (nSPS) is 29.4. The monoisotopic (exact) mass is 425 g/mol. The van der Waals surface area contributed by atoms with Crippen LogP contribution in [-0.4, -0.2) is 64.1 Å². The van der Waals surface area contributed by atoms with Crippen LogP contribution in [0.25, 0.3) is 0 Å². The second kappa shape index (κ2) is 6.23. The molecule has 28 heavy (non-hydrogen) atoms. The van der Waals surface area contributed by atoms with Gasteiger partial charge in [-0.15, -0.1) is 0 Å². The van der Waals surface area contributed by atoms with Crippen molar-refractivity contribution in [3.63, 3.8) is 0 Å². The number of fused-ring (bicyclic) bond motifs is 5. The van der Waals surface area contributed by atoms with E-state index in [2.05, 4.69) is 15.4 Å². The zero-order valence-corrected chi connectivity index (χ0v) is 16.2. The zero-order chi connectivity index (χ0) is 19.6. The lowest BCUT2D eigenvalue weighted by Gasteiger charge is -2.26. The molecule has 2 aromatic rings.